The van der Waals surface area contributed by atoms with Crippen molar-refractivity contribution >= 4 is 5.84 Å². The molecule has 0 unspecified atom stereocenters. The van der Waals surface area contributed by atoms with Crippen molar-refractivity contribution in [2.75, 3.05) is 6.54 Å². The first kappa shape index (κ1) is 11.3. The first-order valence-electron chi connectivity index (χ1n) is 5.37. The van der Waals surface area contributed by atoms with E-state index in [2.05, 4.69) is 23.9 Å². The molecule has 0 aromatic carbocycles. The summed E-state index contributed by atoms with van der Waals surface area (Å²) in [5.41, 5.74) is 5.54. The standard InChI is InChI=1S/C10H21N3O/c1-8(2)13(7-10(11)12-14)9-5-3-4-6-9/h8-9,14H,3-7H2,1-2H3,(H2,11,12). The van der Waals surface area contributed by atoms with E-state index in [9.17, 15) is 0 Å². The van der Waals surface area contributed by atoms with Gasteiger partial charge in [0.2, 0.25) is 0 Å². The van der Waals surface area contributed by atoms with Crippen LogP contribution in [0.15, 0.2) is 5.16 Å². The lowest BCUT2D eigenvalue weighted by atomic mass is 10.1. The van der Waals surface area contributed by atoms with Crippen LogP contribution < -0.4 is 5.73 Å². The molecule has 0 spiro atoms. The fourth-order valence-corrected chi connectivity index (χ4v) is 2.19. The predicted octanol–water partition coefficient (Wildman–Crippen LogP) is 1.39. The van der Waals surface area contributed by atoms with Gasteiger partial charge in [0.25, 0.3) is 0 Å². The summed E-state index contributed by atoms with van der Waals surface area (Å²) in [6.07, 6.45) is 5.11. The average molecular weight is 199 g/mol. The molecule has 0 atom stereocenters. The van der Waals surface area contributed by atoms with Gasteiger partial charge in [0, 0.05) is 12.1 Å². The Kier molecular flexibility index (Phi) is 4.20. The maximum absolute atomic E-state index is 8.54. The maximum Gasteiger partial charge on any atom is 0.153 e. The van der Waals surface area contributed by atoms with Crippen LogP contribution in [0.1, 0.15) is 39.5 Å². The third kappa shape index (κ3) is 2.87. The van der Waals surface area contributed by atoms with Gasteiger partial charge in [-0.1, -0.05) is 18.0 Å². The van der Waals surface area contributed by atoms with Crippen molar-refractivity contribution in [1.82, 2.24) is 4.90 Å². The van der Waals surface area contributed by atoms with Gasteiger partial charge in [-0.3, -0.25) is 4.90 Å². The van der Waals surface area contributed by atoms with Gasteiger partial charge in [-0.15, -0.1) is 0 Å². The summed E-state index contributed by atoms with van der Waals surface area (Å²) < 4.78 is 0. The van der Waals surface area contributed by atoms with E-state index in [0.29, 0.717) is 24.5 Å². The van der Waals surface area contributed by atoms with Crippen LogP contribution in [0.3, 0.4) is 0 Å². The van der Waals surface area contributed by atoms with Crippen LogP contribution in [0.4, 0.5) is 0 Å². The van der Waals surface area contributed by atoms with Gasteiger partial charge in [0.05, 0.1) is 6.54 Å². The third-order valence-electron chi connectivity index (χ3n) is 2.93. The van der Waals surface area contributed by atoms with Crippen molar-refractivity contribution in [2.24, 2.45) is 10.9 Å². The van der Waals surface area contributed by atoms with Gasteiger partial charge in [0.1, 0.15) is 0 Å². The Hall–Kier alpha value is -0.770. The van der Waals surface area contributed by atoms with Crippen LogP contribution in [-0.2, 0) is 0 Å². The molecule has 14 heavy (non-hydrogen) atoms. The molecule has 0 aromatic rings. The summed E-state index contributed by atoms with van der Waals surface area (Å²) in [5, 5.41) is 11.6. The van der Waals surface area contributed by atoms with Crippen LogP contribution in [0.25, 0.3) is 0 Å². The van der Waals surface area contributed by atoms with E-state index in [0.717, 1.165) is 0 Å². The molecule has 4 nitrogen and oxygen atoms in total. The molecule has 0 saturated heterocycles. The molecular formula is C10H21N3O. The minimum atomic E-state index is 0.311. The molecule has 0 amide bonds. The lowest BCUT2D eigenvalue weighted by molar-refractivity contribution is 0.178. The summed E-state index contributed by atoms with van der Waals surface area (Å²) in [5.74, 6) is 0.311. The fourth-order valence-electron chi connectivity index (χ4n) is 2.19. The van der Waals surface area contributed by atoms with Crippen LogP contribution in [-0.4, -0.2) is 34.6 Å². The van der Waals surface area contributed by atoms with E-state index in [1.807, 2.05) is 0 Å². The summed E-state index contributed by atoms with van der Waals surface area (Å²) in [4.78, 5) is 2.32. The van der Waals surface area contributed by atoms with E-state index in [1.165, 1.54) is 25.7 Å². The normalized spacial score (nSPS) is 19.9. The zero-order valence-electron chi connectivity index (χ0n) is 9.11. The van der Waals surface area contributed by atoms with Crippen molar-refractivity contribution in [3.05, 3.63) is 0 Å². The highest BCUT2D eigenvalue weighted by Gasteiger charge is 2.25. The molecule has 0 bridgehead atoms. The fraction of sp³-hybridized carbons (Fsp3) is 0.900. The smallest absolute Gasteiger partial charge is 0.153 e. The Labute approximate surface area is 85.8 Å². The molecule has 0 radical (unpaired) electrons. The molecule has 0 heterocycles. The molecule has 1 aliphatic rings. The molecule has 4 heteroatoms. The van der Waals surface area contributed by atoms with Crippen molar-refractivity contribution in [2.45, 2.75) is 51.6 Å². The van der Waals surface area contributed by atoms with Crippen LogP contribution in [0, 0.1) is 0 Å². The highest BCUT2D eigenvalue weighted by Crippen LogP contribution is 2.24. The highest BCUT2D eigenvalue weighted by molar-refractivity contribution is 5.81. The monoisotopic (exact) mass is 199 g/mol. The molecule has 1 fully saturated rings. The van der Waals surface area contributed by atoms with Gasteiger partial charge in [0.15, 0.2) is 5.84 Å². The van der Waals surface area contributed by atoms with E-state index >= 15 is 0 Å². The van der Waals surface area contributed by atoms with Crippen LogP contribution in [0.5, 0.6) is 0 Å². The summed E-state index contributed by atoms with van der Waals surface area (Å²) in [6, 6.07) is 1.08. The van der Waals surface area contributed by atoms with Crippen molar-refractivity contribution < 1.29 is 5.21 Å². The van der Waals surface area contributed by atoms with Crippen LogP contribution in [0.2, 0.25) is 0 Å². The number of amidine groups is 1. The van der Waals surface area contributed by atoms with E-state index in [-0.39, 0.29) is 0 Å². The summed E-state index contributed by atoms with van der Waals surface area (Å²) in [6.45, 7) is 4.89. The third-order valence-corrected chi connectivity index (χ3v) is 2.93. The number of oxime groups is 1. The van der Waals surface area contributed by atoms with Crippen molar-refractivity contribution in [3.63, 3.8) is 0 Å². The van der Waals surface area contributed by atoms with Gasteiger partial charge < -0.3 is 10.9 Å². The van der Waals surface area contributed by atoms with E-state index < -0.39 is 0 Å². The van der Waals surface area contributed by atoms with Gasteiger partial charge in [-0.25, -0.2) is 0 Å². The van der Waals surface area contributed by atoms with E-state index in [4.69, 9.17) is 10.9 Å². The Bertz CT molecular complexity index is 198. The SMILES string of the molecule is CC(C)N(CC(N)=NO)C1CCCC1. The first-order valence-corrected chi connectivity index (χ1v) is 5.37. The Morgan fingerprint density at radius 1 is 1.50 bits per heavy atom. The molecule has 0 aliphatic heterocycles. The Morgan fingerprint density at radius 3 is 2.50 bits per heavy atom. The molecule has 82 valence electrons. The number of rotatable bonds is 4. The predicted molar refractivity (Wildman–Crippen MR) is 57.5 cm³/mol. The number of hydrogen-bond acceptors (Lipinski definition) is 3. The van der Waals surface area contributed by atoms with Crippen LogP contribution >= 0.6 is 0 Å². The van der Waals surface area contributed by atoms with Crippen molar-refractivity contribution in [3.8, 4) is 0 Å². The summed E-state index contributed by atoms with van der Waals surface area (Å²) in [7, 11) is 0. The second-order valence-electron chi connectivity index (χ2n) is 4.30. The molecule has 1 saturated carbocycles. The van der Waals surface area contributed by atoms with E-state index in [1.54, 1.807) is 0 Å². The average Bonchev–Trinajstić information content (AvgIpc) is 2.65. The first-order chi connectivity index (χ1) is 6.65. The number of hydrogen-bond donors (Lipinski definition) is 2. The summed E-state index contributed by atoms with van der Waals surface area (Å²) >= 11 is 0. The maximum atomic E-state index is 8.54. The van der Waals surface area contributed by atoms with Crippen molar-refractivity contribution in [1.29, 1.82) is 0 Å². The molecule has 1 rings (SSSR count). The van der Waals surface area contributed by atoms with Gasteiger partial charge in [-0.2, -0.15) is 0 Å². The second-order valence-corrected chi connectivity index (χ2v) is 4.30. The molecule has 0 aromatic heterocycles. The highest BCUT2D eigenvalue weighted by atomic mass is 16.4. The molecule has 1 aliphatic carbocycles. The Morgan fingerprint density at radius 2 is 2.07 bits per heavy atom. The lowest BCUT2D eigenvalue weighted by Crippen LogP contribution is -2.44. The topological polar surface area (TPSA) is 61.8 Å². The Balaban J connectivity index is 2.54. The quantitative estimate of drug-likeness (QED) is 0.311. The minimum Gasteiger partial charge on any atom is -0.409 e. The number of nitrogens with two attached hydrogens (primary N) is 1. The largest absolute Gasteiger partial charge is 0.409 e. The number of nitrogens with zero attached hydrogens (tertiary/aromatic N) is 2. The van der Waals surface area contributed by atoms with Gasteiger partial charge >= 0.3 is 0 Å². The van der Waals surface area contributed by atoms with Gasteiger partial charge in [-0.05, 0) is 26.7 Å². The minimum absolute atomic E-state index is 0.311. The molecular weight excluding hydrogens is 178 g/mol. The second kappa shape index (κ2) is 5.20. The lowest BCUT2D eigenvalue weighted by Gasteiger charge is -2.31. The zero-order chi connectivity index (χ0) is 10.6. The molecule has 3 N–H and O–H groups in total. The zero-order valence-corrected chi connectivity index (χ0v) is 9.11.